The van der Waals surface area contributed by atoms with Crippen molar-refractivity contribution in [3.63, 3.8) is 0 Å². The Hall–Kier alpha value is -2.66. The van der Waals surface area contributed by atoms with Crippen LogP contribution in [0.2, 0.25) is 0 Å². The number of ether oxygens (including phenoxy) is 1. The van der Waals surface area contributed by atoms with E-state index in [-0.39, 0.29) is 12.5 Å². The molecular weight excluding hydrogens is 266 g/mol. The molecule has 0 aliphatic rings. The van der Waals surface area contributed by atoms with E-state index in [1.165, 1.54) is 7.11 Å². The molecule has 0 aliphatic heterocycles. The van der Waals surface area contributed by atoms with Gasteiger partial charge >= 0.3 is 0 Å². The molecule has 0 radical (unpaired) electrons. The van der Waals surface area contributed by atoms with Crippen LogP contribution in [0.15, 0.2) is 54.9 Å². The SMILES string of the molecule is COCC(=O)Nc1ccc(-c2cn3ccccc3n2)cc1. The van der Waals surface area contributed by atoms with Crippen molar-refractivity contribution in [1.82, 2.24) is 9.38 Å². The molecule has 1 aromatic carbocycles. The smallest absolute Gasteiger partial charge is 0.250 e. The third kappa shape index (κ3) is 2.93. The molecule has 21 heavy (non-hydrogen) atoms. The summed E-state index contributed by atoms with van der Waals surface area (Å²) in [4.78, 5) is 16.0. The van der Waals surface area contributed by atoms with Gasteiger partial charge in [0, 0.05) is 30.8 Å². The molecule has 5 heteroatoms. The highest BCUT2D eigenvalue weighted by atomic mass is 16.5. The standard InChI is InChI=1S/C16H15N3O2/c1-21-11-16(20)17-13-7-5-12(6-8-13)14-10-19-9-3-2-4-15(19)18-14/h2-10H,11H2,1H3,(H,17,20). The number of pyridine rings is 1. The van der Waals surface area contributed by atoms with Crippen LogP contribution in [0.3, 0.4) is 0 Å². The van der Waals surface area contributed by atoms with Crippen molar-refractivity contribution in [2.75, 3.05) is 19.0 Å². The van der Waals surface area contributed by atoms with Gasteiger partial charge in [0.15, 0.2) is 0 Å². The quantitative estimate of drug-likeness (QED) is 0.799. The molecule has 0 unspecified atom stereocenters. The van der Waals surface area contributed by atoms with Crippen LogP contribution >= 0.6 is 0 Å². The third-order valence-electron chi connectivity index (χ3n) is 3.10. The molecule has 0 bridgehead atoms. The number of imidazole rings is 1. The van der Waals surface area contributed by atoms with Gasteiger partial charge in [0.1, 0.15) is 12.3 Å². The van der Waals surface area contributed by atoms with E-state index in [2.05, 4.69) is 10.3 Å². The molecule has 2 aromatic heterocycles. The van der Waals surface area contributed by atoms with E-state index in [1.807, 2.05) is 59.3 Å². The average Bonchev–Trinajstić information content (AvgIpc) is 2.92. The second-order valence-corrected chi connectivity index (χ2v) is 4.65. The Morgan fingerprint density at radius 1 is 1.24 bits per heavy atom. The maximum atomic E-state index is 11.4. The second-order valence-electron chi connectivity index (χ2n) is 4.65. The normalized spacial score (nSPS) is 10.7. The van der Waals surface area contributed by atoms with Crippen LogP contribution in [0.25, 0.3) is 16.9 Å². The van der Waals surface area contributed by atoms with Gasteiger partial charge in [-0.05, 0) is 24.3 Å². The summed E-state index contributed by atoms with van der Waals surface area (Å²) in [5, 5.41) is 2.76. The number of carbonyl (C=O) groups excluding carboxylic acids is 1. The minimum absolute atomic E-state index is 0.0498. The molecule has 0 saturated heterocycles. The molecule has 0 saturated carbocycles. The number of amides is 1. The molecule has 1 N–H and O–H groups in total. The lowest BCUT2D eigenvalue weighted by atomic mass is 10.1. The van der Waals surface area contributed by atoms with Crippen molar-refractivity contribution in [2.45, 2.75) is 0 Å². The Morgan fingerprint density at radius 3 is 2.76 bits per heavy atom. The summed E-state index contributed by atoms with van der Waals surface area (Å²) in [5.74, 6) is -0.169. The van der Waals surface area contributed by atoms with Crippen LogP contribution in [-0.2, 0) is 9.53 Å². The van der Waals surface area contributed by atoms with E-state index in [9.17, 15) is 4.79 Å². The number of benzene rings is 1. The summed E-state index contributed by atoms with van der Waals surface area (Å²) in [6.07, 6.45) is 3.94. The molecule has 1 amide bonds. The van der Waals surface area contributed by atoms with E-state index < -0.39 is 0 Å². The van der Waals surface area contributed by atoms with Crippen LogP contribution < -0.4 is 5.32 Å². The number of hydrogen-bond acceptors (Lipinski definition) is 3. The first-order valence-electron chi connectivity index (χ1n) is 6.59. The Bertz CT molecular complexity index is 730. The lowest BCUT2D eigenvalue weighted by Crippen LogP contribution is -2.16. The van der Waals surface area contributed by atoms with Crippen LogP contribution in [0.1, 0.15) is 0 Å². The fourth-order valence-corrected chi connectivity index (χ4v) is 2.13. The summed E-state index contributed by atoms with van der Waals surface area (Å²) >= 11 is 0. The predicted molar refractivity (Wildman–Crippen MR) is 81.1 cm³/mol. The molecule has 106 valence electrons. The van der Waals surface area contributed by atoms with Gasteiger partial charge in [-0.2, -0.15) is 0 Å². The molecule has 0 fully saturated rings. The third-order valence-corrected chi connectivity index (χ3v) is 3.10. The number of methoxy groups -OCH3 is 1. The Balaban J connectivity index is 1.81. The van der Waals surface area contributed by atoms with Crippen molar-refractivity contribution in [2.24, 2.45) is 0 Å². The van der Waals surface area contributed by atoms with Gasteiger partial charge < -0.3 is 14.5 Å². The topological polar surface area (TPSA) is 55.6 Å². The fourth-order valence-electron chi connectivity index (χ4n) is 2.13. The summed E-state index contributed by atoms with van der Waals surface area (Å²) in [6.45, 7) is 0.0498. The maximum absolute atomic E-state index is 11.4. The number of rotatable bonds is 4. The van der Waals surface area contributed by atoms with Crippen molar-refractivity contribution in [1.29, 1.82) is 0 Å². The monoisotopic (exact) mass is 281 g/mol. The zero-order valence-corrected chi connectivity index (χ0v) is 11.6. The Morgan fingerprint density at radius 2 is 2.05 bits per heavy atom. The second kappa shape index (κ2) is 5.76. The van der Waals surface area contributed by atoms with Crippen LogP contribution in [0.4, 0.5) is 5.69 Å². The minimum atomic E-state index is -0.169. The van der Waals surface area contributed by atoms with E-state index >= 15 is 0 Å². The number of nitrogens with zero attached hydrogens (tertiary/aromatic N) is 2. The van der Waals surface area contributed by atoms with Gasteiger partial charge in [0.25, 0.3) is 0 Å². The Labute approximate surface area is 122 Å². The zero-order valence-electron chi connectivity index (χ0n) is 11.6. The summed E-state index contributed by atoms with van der Waals surface area (Å²) < 4.78 is 6.75. The van der Waals surface area contributed by atoms with Crippen LogP contribution in [0.5, 0.6) is 0 Å². The number of anilines is 1. The average molecular weight is 281 g/mol. The molecule has 0 spiro atoms. The number of carbonyl (C=O) groups is 1. The molecule has 3 aromatic rings. The first kappa shape index (κ1) is 13.3. The fraction of sp³-hybridized carbons (Fsp3) is 0.125. The van der Waals surface area contributed by atoms with E-state index in [1.54, 1.807) is 0 Å². The summed E-state index contributed by atoms with van der Waals surface area (Å²) in [5.41, 5.74) is 3.55. The van der Waals surface area contributed by atoms with Gasteiger partial charge in [-0.3, -0.25) is 4.79 Å². The van der Waals surface area contributed by atoms with E-state index in [0.29, 0.717) is 0 Å². The van der Waals surface area contributed by atoms with Gasteiger partial charge in [-0.1, -0.05) is 18.2 Å². The molecule has 5 nitrogen and oxygen atoms in total. The Kier molecular flexibility index (Phi) is 3.66. The van der Waals surface area contributed by atoms with Crippen molar-refractivity contribution >= 4 is 17.2 Å². The number of aromatic nitrogens is 2. The van der Waals surface area contributed by atoms with Gasteiger partial charge in [0.2, 0.25) is 5.91 Å². The number of hydrogen-bond donors (Lipinski definition) is 1. The van der Waals surface area contributed by atoms with Crippen molar-refractivity contribution in [3.8, 4) is 11.3 Å². The minimum Gasteiger partial charge on any atom is -0.375 e. The van der Waals surface area contributed by atoms with Crippen LogP contribution in [-0.4, -0.2) is 29.0 Å². The summed E-state index contributed by atoms with van der Waals surface area (Å²) in [7, 11) is 1.49. The van der Waals surface area contributed by atoms with Crippen molar-refractivity contribution < 1.29 is 9.53 Å². The zero-order chi connectivity index (χ0) is 14.7. The highest BCUT2D eigenvalue weighted by molar-refractivity contribution is 5.91. The lowest BCUT2D eigenvalue weighted by molar-refractivity contribution is -0.119. The van der Waals surface area contributed by atoms with Gasteiger partial charge in [-0.25, -0.2) is 4.98 Å². The molecule has 2 heterocycles. The first-order chi connectivity index (χ1) is 10.3. The maximum Gasteiger partial charge on any atom is 0.250 e. The van der Waals surface area contributed by atoms with Gasteiger partial charge in [0.05, 0.1) is 5.69 Å². The molecular formula is C16H15N3O2. The van der Waals surface area contributed by atoms with E-state index in [4.69, 9.17) is 4.74 Å². The number of nitrogens with one attached hydrogen (secondary N) is 1. The van der Waals surface area contributed by atoms with Crippen LogP contribution in [0, 0.1) is 0 Å². The van der Waals surface area contributed by atoms with Crippen molar-refractivity contribution in [3.05, 3.63) is 54.9 Å². The molecule has 0 atom stereocenters. The molecule has 3 rings (SSSR count). The predicted octanol–water partition coefficient (Wildman–Crippen LogP) is 2.59. The largest absolute Gasteiger partial charge is 0.375 e. The summed E-state index contributed by atoms with van der Waals surface area (Å²) in [6, 6.07) is 13.5. The lowest BCUT2D eigenvalue weighted by Gasteiger charge is -2.04. The highest BCUT2D eigenvalue weighted by Gasteiger charge is 2.05. The first-order valence-corrected chi connectivity index (χ1v) is 6.59. The van der Waals surface area contributed by atoms with E-state index in [0.717, 1.165) is 22.6 Å². The number of fused-ring (bicyclic) bond motifs is 1. The molecule has 0 aliphatic carbocycles. The van der Waals surface area contributed by atoms with Gasteiger partial charge in [-0.15, -0.1) is 0 Å². The highest BCUT2D eigenvalue weighted by Crippen LogP contribution is 2.21.